The first-order chi connectivity index (χ1) is 13.6. The number of fused-ring (bicyclic) bond motifs is 1. The Bertz CT molecular complexity index is 1010. The minimum Gasteiger partial charge on any atom is -0.348 e. The van der Waals surface area contributed by atoms with Crippen molar-refractivity contribution in [1.29, 1.82) is 0 Å². The molecule has 0 unspecified atom stereocenters. The van der Waals surface area contributed by atoms with Crippen molar-refractivity contribution in [3.05, 3.63) is 99.5 Å². The van der Waals surface area contributed by atoms with E-state index in [2.05, 4.69) is 27.3 Å². The van der Waals surface area contributed by atoms with Gasteiger partial charge in [-0.2, -0.15) is 0 Å². The Kier molecular flexibility index (Phi) is 5.26. The quantitative estimate of drug-likeness (QED) is 0.652. The van der Waals surface area contributed by atoms with E-state index in [1.54, 1.807) is 12.1 Å². The van der Waals surface area contributed by atoms with Crippen LogP contribution in [-0.4, -0.2) is 18.4 Å². The molecule has 3 aromatic carbocycles. The lowest BCUT2D eigenvalue weighted by Gasteiger charge is -2.17. The highest BCUT2D eigenvalue weighted by Crippen LogP contribution is 2.28. The van der Waals surface area contributed by atoms with E-state index >= 15 is 0 Å². The SMILES string of the molecule is O=C(NCc1ccc(C(=O)N2CCc3ccccc32)cc1)c1ccc(Br)cc1. The maximum atomic E-state index is 12.9. The average molecular weight is 435 g/mol. The highest BCUT2D eigenvalue weighted by molar-refractivity contribution is 9.10. The Hall–Kier alpha value is -2.92. The van der Waals surface area contributed by atoms with E-state index in [-0.39, 0.29) is 11.8 Å². The zero-order valence-corrected chi connectivity index (χ0v) is 16.8. The second-order valence-electron chi connectivity index (χ2n) is 6.72. The third-order valence-electron chi connectivity index (χ3n) is 4.89. The average Bonchev–Trinajstić information content (AvgIpc) is 3.16. The molecule has 28 heavy (non-hydrogen) atoms. The Morgan fingerprint density at radius 3 is 2.32 bits per heavy atom. The first-order valence-electron chi connectivity index (χ1n) is 9.14. The van der Waals surface area contributed by atoms with Crippen LogP contribution in [0.25, 0.3) is 0 Å². The van der Waals surface area contributed by atoms with Crippen molar-refractivity contribution in [1.82, 2.24) is 5.32 Å². The predicted molar refractivity (Wildman–Crippen MR) is 114 cm³/mol. The number of amides is 2. The number of carbonyl (C=O) groups is 2. The molecule has 4 rings (SSSR count). The number of anilines is 1. The van der Waals surface area contributed by atoms with Gasteiger partial charge in [-0.3, -0.25) is 9.59 Å². The van der Waals surface area contributed by atoms with E-state index in [1.165, 1.54) is 5.56 Å². The van der Waals surface area contributed by atoms with E-state index in [4.69, 9.17) is 0 Å². The molecule has 0 atom stereocenters. The van der Waals surface area contributed by atoms with Gasteiger partial charge in [0, 0.05) is 34.4 Å². The fourth-order valence-electron chi connectivity index (χ4n) is 3.36. The van der Waals surface area contributed by atoms with Gasteiger partial charge >= 0.3 is 0 Å². The third kappa shape index (κ3) is 3.85. The number of halogens is 1. The van der Waals surface area contributed by atoms with Crippen molar-refractivity contribution in [2.45, 2.75) is 13.0 Å². The van der Waals surface area contributed by atoms with Gasteiger partial charge in [0.2, 0.25) is 0 Å². The zero-order chi connectivity index (χ0) is 19.5. The third-order valence-corrected chi connectivity index (χ3v) is 5.42. The Morgan fingerprint density at radius 1 is 0.893 bits per heavy atom. The topological polar surface area (TPSA) is 49.4 Å². The number of para-hydroxylation sites is 1. The highest BCUT2D eigenvalue weighted by atomic mass is 79.9. The maximum Gasteiger partial charge on any atom is 0.258 e. The van der Waals surface area contributed by atoms with Crippen molar-refractivity contribution in [3.63, 3.8) is 0 Å². The van der Waals surface area contributed by atoms with Crippen molar-refractivity contribution >= 4 is 33.4 Å². The lowest BCUT2D eigenvalue weighted by Crippen LogP contribution is -2.28. The molecule has 3 aromatic rings. The fourth-order valence-corrected chi connectivity index (χ4v) is 3.62. The monoisotopic (exact) mass is 434 g/mol. The van der Waals surface area contributed by atoms with Gasteiger partial charge in [-0.1, -0.05) is 46.3 Å². The summed E-state index contributed by atoms with van der Waals surface area (Å²) in [6.07, 6.45) is 0.891. The van der Waals surface area contributed by atoms with Gasteiger partial charge in [0.1, 0.15) is 0 Å². The molecule has 1 N–H and O–H groups in total. The van der Waals surface area contributed by atoms with E-state index in [1.807, 2.05) is 59.5 Å². The molecule has 2 amide bonds. The van der Waals surface area contributed by atoms with Crippen LogP contribution in [0.4, 0.5) is 5.69 Å². The number of hydrogen-bond donors (Lipinski definition) is 1. The van der Waals surface area contributed by atoms with Crippen molar-refractivity contribution < 1.29 is 9.59 Å². The van der Waals surface area contributed by atoms with Crippen LogP contribution < -0.4 is 10.2 Å². The summed E-state index contributed by atoms with van der Waals surface area (Å²) in [6.45, 7) is 1.12. The molecular formula is C23H19BrN2O2. The molecule has 0 saturated carbocycles. The summed E-state index contributed by atoms with van der Waals surface area (Å²) < 4.78 is 0.935. The van der Waals surface area contributed by atoms with Crippen molar-refractivity contribution in [3.8, 4) is 0 Å². The molecule has 140 valence electrons. The summed E-state index contributed by atoms with van der Waals surface area (Å²) in [5, 5.41) is 2.90. The van der Waals surface area contributed by atoms with Gasteiger partial charge < -0.3 is 10.2 Å². The summed E-state index contributed by atoms with van der Waals surface area (Å²) in [6, 6.07) is 22.7. The molecule has 5 heteroatoms. The molecule has 0 saturated heterocycles. The predicted octanol–water partition coefficient (Wildman–Crippen LogP) is 4.58. The number of rotatable bonds is 4. The molecule has 0 spiro atoms. The van der Waals surface area contributed by atoms with Crippen LogP contribution in [0.1, 0.15) is 31.8 Å². The maximum absolute atomic E-state index is 12.9. The molecule has 0 aliphatic carbocycles. The normalized spacial score (nSPS) is 12.5. The lowest BCUT2D eigenvalue weighted by atomic mass is 10.1. The van der Waals surface area contributed by atoms with Crippen LogP contribution in [-0.2, 0) is 13.0 Å². The summed E-state index contributed by atoms with van der Waals surface area (Å²) in [7, 11) is 0. The molecule has 0 radical (unpaired) electrons. The first kappa shape index (κ1) is 18.4. The molecule has 0 bridgehead atoms. The highest BCUT2D eigenvalue weighted by Gasteiger charge is 2.24. The molecule has 0 fully saturated rings. The summed E-state index contributed by atoms with van der Waals surface area (Å²) >= 11 is 3.36. The number of nitrogens with zero attached hydrogens (tertiary/aromatic N) is 1. The molecule has 1 aliphatic rings. The van der Waals surface area contributed by atoms with Crippen molar-refractivity contribution in [2.75, 3.05) is 11.4 Å². The molecule has 4 nitrogen and oxygen atoms in total. The van der Waals surface area contributed by atoms with E-state index in [0.29, 0.717) is 24.2 Å². The number of hydrogen-bond acceptors (Lipinski definition) is 2. The summed E-state index contributed by atoms with van der Waals surface area (Å²) in [4.78, 5) is 26.9. The smallest absolute Gasteiger partial charge is 0.258 e. The Morgan fingerprint density at radius 2 is 1.57 bits per heavy atom. The van der Waals surface area contributed by atoms with E-state index in [0.717, 1.165) is 22.1 Å². The fraction of sp³-hybridized carbons (Fsp3) is 0.130. The molecule has 0 aromatic heterocycles. The van der Waals surface area contributed by atoms with Crippen LogP contribution in [0, 0.1) is 0 Å². The largest absolute Gasteiger partial charge is 0.348 e. The Labute approximate surface area is 172 Å². The van der Waals surface area contributed by atoms with E-state index < -0.39 is 0 Å². The van der Waals surface area contributed by atoms with Gasteiger partial charge in [0.25, 0.3) is 11.8 Å². The van der Waals surface area contributed by atoms with Crippen LogP contribution in [0.3, 0.4) is 0 Å². The second kappa shape index (κ2) is 7.98. The molecular weight excluding hydrogens is 416 g/mol. The van der Waals surface area contributed by atoms with Crippen LogP contribution in [0.2, 0.25) is 0 Å². The summed E-state index contributed by atoms with van der Waals surface area (Å²) in [5.74, 6) is -0.114. The number of nitrogens with one attached hydrogen (secondary N) is 1. The Balaban J connectivity index is 1.39. The van der Waals surface area contributed by atoms with Gasteiger partial charge in [-0.25, -0.2) is 0 Å². The minimum absolute atomic E-state index is 0.00963. The number of benzene rings is 3. The first-order valence-corrected chi connectivity index (χ1v) is 9.93. The van der Waals surface area contributed by atoms with Gasteiger partial charge in [-0.05, 0) is 60.0 Å². The van der Waals surface area contributed by atoms with Crippen molar-refractivity contribution in [2.24, 2.45) is 0 Å². The van der Waals surface area contributed by atoms with E-state index in [9.17, 15) is 9.59 Å². The van der Waals surface area contributed by atoms with Crippen LogP contribution in [0.5, 0.6) is 0 Å². The zero-order valence-electron chi connectivity index (χ0n) is 15.2. The van der Waals surface area contributed by atoms with Gasteiger partial charge in [-0.15, -0.1) is 0 Å². The lowest BCUT2D eigenvalue weighted by molar-refractivity contribution is 0.0949. The molecule has 1 aliphatic heterocycles. The van der Waals surface area contributed by atoms with Crippen LogP contribution >= 0.6 is 15.9 Å². The summed E-state index contributed by atoms with van der Waals surface area (Å²) in [5.41, 5.74) is 4.42. The van der Waals surface area contributed by atoms with Gasteiger partial charge in [0.05, 0.1) is 0 Å². The second-order valence-corrected chi connectivity index (χ2v) is 7.64. The standard InChI is InChI=1S/C23H19BrN2O2/c24-20-11-9-18(10-12-20)22(27)25-15-16-5-7-19(8-6-16)23(28)26-14-13-17-3-1-2-4-21(17)26/h1-12H,13-15H2,(H,25,27). The minimum atomic E-state index is -0.124. The molecule has 1 heterocycles. The number of carbonyl (C=O) groups excluding carboxylic acids is 2. The van der Waals surface area contributed by atoms with Crippen LogP contribution in [0.15, 0.2) is 77.3 Å². The van der Waals surface area contributed by atoms with Gasteiger partial charge in [0.15, 0.2) is 0 Å².